The van der Waals surface area contributed by atoms with Gasteiger partial charge in [-0.3, -0.25) is 14.4 Å². The fourth-order valence-corrected chi connectivity index (χ4v) is 6.32. The lowest BCUT2D eigenvalue weighted by Gasteiger charge is -2.48. The van der Waals surface area contributed by atoms with Crippen LogP contribution in [0.15, 0.2) is 42.0 Å². The summed E-state index contributed by atoms with van der Waals surface area (Å²) in [6.07, 6.45) is 2.64. The molecule has 2 unspecified atom stereocenters. The monoisotopic (exact) mass is 535 g/mol. The molecule has 0 radical (unpaired) electrons. The van der Waals surface area contributed by atoms with Gasteiger partial charge in [-0.15, -0.1) is 0 Å². The molecule has 2 aromatic rings. The van der Waals surface area contributed by atoms with Crippen molar-refractivity contribution < 1.29 is 44.7 Å². The summed E-state index contributed by atoms with van der Waals surface area (Å²) in [6, 6.07) is 8.20. The topological polar surface area (TPSA) is 188 Å². The molecule has 0 aromatic heterocycles. The molecule has 204 valence electrons. The Balaban J connectivity index is 1.52. The number of aliphatic hydroxyl groups excluding tert-OH is 2. The summed E-state index contributed by atoms with van der Waals surface area (Å²) in [4.78, 5) is 38.5. The van der Waals surface area contributed by atoms with Crippen LogP contribution in [0.3, 0.4) is 0 Å². The molecule has 0 aliphatic heterocycles. The molecule has 5 rings (SSSR count). The molecule has 2 aromatic carbocycles. The number of nitrogens with two attached hydrogens (primary N) is 1. The molecule has 0 saturated heterocycles. The molecule has 1 amide bonds. The Morgan fingerprint density at radius 3 is 2.59 bits per heavy atom. The number of carbonyl (C=O) groups is 3. The first kappa shape index (κ1) is 26.5. The summed E-state index contributed by atoms with van der Waals surface area (Å²) in [6.45, 7) is 0. The van der Waals surface area contributed by atoms with Crippen molar-refractivity contribution in [3.63, 3.8) is 0 Å². The van der Waals surface area contributed by atoms with Crippen molar-refractivity contribution in [2.45, 2.75) is 37.4 Å². The Hall–Kier alpha value is -4.15. The fourth-order valence-electron chi connectivity index (χ4n) is 6.32. The minimum Gasteiger partial charge on any atom is -0.507 e. The number of amides is 1. The maximum absolute atomic E-state index is 13.6. The third kappa shape index (κ3) is 3.98. The van der Waals surface area contributed by atoms with Gasteiger partial charge in [-0.25, -0.2) is 0 Å². The largest absolute Gasteiger partial charge is 0.507 e. The normalized spacial score (nSPS) is 28.2. The molecule has 7 N–H and O–H groups in total. The lowest BCUT2D eigenvalue weighted by molar-refractivity contribution is -0.174. The van der Waals surface area contributed by atoms with Crippen molar-refractivity contribution in [3.05, 3.63) is 64.2 Å². The number of allylic oxidation sites excluding steroid dienone is 1. The van der Waals surface area contributed by atoms with E-state index < -0.39 is 52.7 Å². The van der Waals surface area contributed by atoms with Crippen molar-refractivity contribution >= 4 is 29.3 Å². The SMILES string of the molecule is COc1cccc(C/C=C\c2ccc(O)c3c2C[C@H]2C[C@H]4CC(O)C(C(N)=O)C(=O)[C@@]4(O)C(=O)C2=C3O)c1O. The van der Waals surface area contributed by atoms with Gasteiger partial charge in [0.25, 0.3) is 0 Å². The van der Waals surface area contributed by atoms with Crippen LogP contribution < -0.4 is 10.5 Å². The van der Waals surface area contributed by atoms with E-state index in [1.54, 1.807) is 30.3 Å². The van der Waals surface area contributed by atoms with Crippen LogP contribution >= 0.6 is 0 Å². The molecule has 0 spiro atoms. The van der Waals surface area contributed by atoms with E-state index in [1.165, 1.54) is 13.2 Å². The number of aliphatic hydroxyl groups is 3. The third-order valence-electron chi connectivity index (χ3n) is 8.24. The smallest absolute Gasteiger partial charge is 0.230 e. The number of ether oxygens (including phenoxy) is 1. The van der Waals surface area contributed by atoms with Crippen LogP contribution in [0.1, 0.15) is 35.1 Å². The molecule has 10 heteroatoms. The molecule has 2 fully saturated rings. The van der Waals surface area contributed by atoms with Gasteiger partial charge in [0.1, 0.15) is 17.4 Å². The number of Topliss-reactive ketones (excluding diaryl/α,β-unsaturated/α-hetero) is 2. The van der Waals surface area contributed by atoms with Gasteiger partial charge >= 0.3 is 0 Å². The minimum atomic E-state index is -2.61. The Kier molecular flexibility index (Phi) is 6.48. The first-order valence-electron chi connectivity index (χ1n) is 12.6. The number of phenolic OH excluding ortho intramolecular Hbond substituents is 2. The van der Waals surface area contributed by atoms with Gasteiger partial charge in [-0.05, 0) is 54.9 Å². The predicted molar refractivity (Wildman–Crippen MR) is 139 cm³/mol. The fraction of sp³-hybridized carbons (Fsp3) is 0.345. The van der Waals surface area contributed by atoms with Crippen molar-refractivity contribution in [2.24, 2.45) is 23.5 Å². The number of hydrogen-bond donors (Lipinski definition) is 6. The summed E-state index contributed by atoms with van der Waals surface area (Å²) in [5.74, 6) is -7.10. The standard InChI is InChI=1S/C29H29NO9/c1-39-20-7-3-6-14(24(20)33)5-2-4-13-8-9-18(31)22-17(13)11-15-10-16-12-19(32)23(28(30)37)27(36)29(16,38)26(35)21(15)25(22)34/h2-4,6-9,15-16,19,23,31-34,38H,5,10-12H2,1H3,(H2,30,37)/b4-2-/t15-,16+,19?,23?,29+/m1/s1. The van der Waals surface area contributed by atoms with Crippen LogP contribution in [-0.2, 0) is 27.2 Å². The average Bonchev–Trinajstić information content (AvgIpc) is 2.88. The summed E-state index contributed by atoms with van der Waals surface area (Å²) in [5, 5.41) is 53.9. The summed E-state index contributed by atoms with van der Waals surface area (Å²) < 4.78 is 5.14. The van der Waals surface area contributed by atoms with E-state index in [2.05, 4.69) is 0 Å². The van der Waals surface area contributed by atoms with E-state index in [0.717, 1.165) is 0 Å². The van der Waals surface area contributed by atoms with Crippen molar-refractivity contribution in [1.82, 2.24) is 0 Å². The van der Waals surface area contributed by atoms with E-state index in [0.29, 0.717) is 28.9 Å². The number of primary amides is 1. The van der Waals surface area contributed by atoms with Crippen molar-refractivity contribution in [2.75, 3.05) is 7.11 Å². The first-order chi connectivity index (χ1) is 18.5. The zero-order chi connectivity index (χ0) is 28.2. The lowest BCUT2D eigenvalue weighted by atomic mass is 9.56. The molecule has 2 saturated carbocycles. The lowest BCUT2D eigenvalue weighted by Crippen LogP contribution is -2.66. The average molecular weight is 536 g/mol. The highest BCUT2D eigenvalue weighted by molar-refractivity contribution is 6.24. The van der Waals surface area contributed by atoms with Gasteiger partial charge in [-0.1, -0.05) is 30.4 Å². The van der Waals surface area contributed by atoms with Crippen LogP contribution in [-0.4, -0.2) is 61.8 Å². The Morgan fingerprint density at radius 1 is 1.15 bits per heavy atom. The van der Waals surface area contributed by atoms with Gasteiger partial charge < -0.3 is 36.0 Å². The number of methoxy groups -OCH3 is 1. The number of benzene rings is 2. The molecule has 0 bridgehead atoms. The third-order valence-corrected chi connectivity index (χ3v) is 8.24. The molecule has 3 aliphatic carbocycles. The second-order valence-electron chi connectivity index (χ2n) is 10.3. The zero-order valence-corrected chi connectivity index (χ0v) is 21.1. The van der Waals surface area contributed by atoms with Crippen LogP contribution in [0.4, 0.5) is 0 Å². The highest BCUT2D eigenvalue weighted by Gasteiger charge is 2.63. The van der Waals surface area contributed by atoms with Crippen LogP contribution in [0.2, 0.25) is 0 Å². The van der Waals surface area contributed by atoms with E-state index in [1.807, 2.05) is 6.08 Å². The zero-order valence-electron chi connectivity index (χ0n) is 21.1. The number of rotatable bonds is 5. The minimum absolute atomic E-state index is 0.0257. The second-order valence-corrected chi connectivity index (χ2v) is 10.3. The second kappa shape index (κ2) is 9.55. The van der Waals surface area contributed by atoms with Gasteiger partial charge in [0.05, 0.1) is 18.8 Å². The maximum atomic E-state index is 13.6. The van der Waals surface area contributed by atoms with E-state index in [9.17, 15) is 39.9 Å². The molecular formula is C29H29NO9. The first-order valence-corrected chi connectivity index (χ1v) is 12.6. The number of ketones is 2. The molecular weight excluding hydrogens is 506 g/mol. The van der Waals surface area contributed by atoms with Gasteiger partial charge in [0.2, 0.25) is 11.7 Å². The quantitative estimate of drug-likeness (QED) is 0.309. The van der Waals surface area contributed by atoms with E-state index in [4.69, 9.17) is 10.5 Å². The van der Waals surface area contributed by atoms with Gasteiger partial charge in [0.15, 0.2) is 22.9 Å². The number of hydrogen-bond acceptors (Lipinski definition) is 9. The highest BCUT2D eigenvalue weighted by atomic mass is 16.5. The number of para-hydroxylation sites is 1. The van der Waals surface area contributed by atoms with Crippen molar-refractivity contribution in [3.8, 4) is 17.2 Å². The van der Waals surface area contributed by atoms with Gasteiger partial charge in [-0.2, -0.15) is 0 Å². The molecule has 39 heavy (non-hydrogen) atoms. The highest BCUT2D eigenvalue weighted by Crippen LogP contribution is 2.51. The number of carbonyl (C=O) groups excluding carboxylic acids is 3. The van der Waals surface area contributed by atoms with Gasteiger partial charge in [0, 0.05) is 17.1 Å². The summed E-state index contributed by atoms with van der Waals surface area (Å²) >= 11 is 0. The number of fused-ring (bicyclic) bond motifs is 3. The maximum Gasteiger partial charge on any atom is 0.230 e. The summed E-state index contributed by atoms with van der Waals surface area (Å²) in [5.41, 5.74) is 4.37. The molecule has 10 nitrogen and oxygen atoms in total. The van der Waals surface area contributed by atoms with Crippen molar-refractivity contribution in [1.29, 1.82) is 0 Å². The molecule has 0 heterocycles. The number of aromatic hydroxyl groups is 2. The molecule has 3 aliphatic rings. The Labute approximate surface area is 223 Å². The summed E-state index contributed by atoms with van der Waals surface area (Å²) in [7, 11) is 1.46. The van der Waals surface area contributed by atoms with Crippen LogP contribution in [0, 0.1) is 17.8 Å². The number of phenols is 2. The molecule has 5 atom stereocenters. The van der Waals surface area contributed by atoms with E-state index in [-0.39, 0.29) is 41.9 Å². The Bertz CT molecular complexity index is 1460. The Morgan fingerprint density at radius 2 is 1.90 bits per heavy atom. The van der Waals surface area contributed by atoms with Crippen LogP contribution in [0.25, 0.3) is 11.8 Å². The predicted octanol–water partition coefficient (Wildman–Crippen LogP) is 1.56. The van der Waals surface area contributed by atoms with Crippen LogP contribution in [0.5, 0.6) is 17.2 Å². The van der Waals surface area contributed by atoms with E-state index >= 15 is 0 Å².